The molecule has 6 rings (SSSR count). The van der Waals surface area contributed by atoms with E-state index in [1.807, 2.05) is 24.3 Å². The molecule has 1 N–H and O–H groups in total. The number of fused-ring (bicyclic) bond motifs is 2. The molecule has 0 aromatic heterocycles. The summed E-state index contributed by atoms with van der Waals surface area (Å²) >= 11 is 4.00. The summed E-state index contributed by atoms with van der Waals surface area (Å²) in [5, 5.41) is 15.7. The molecule has 1 aliphatic rings. The molecule has 0 spiro atoms. The van der Waals surface area contributed by atoms with Crippen molar-refractivity contribution in [2.75, 3.05) is 22.9 Å². The van der Waals surface area contributed by atoms with Crippen molar-refractivity contribution in [3.05, 3.63) is 102 Å². The normalized spacial score (nSPS) is 13.9. The molecule has 0 saturated carbocycles. The fourth-order valence-corrected chi connectivity index (χ4v) is 6.46. The average Bonchev–Trinajstić information content (AvgIpc) is 3.23. The molecular weight excluding hydrogens is 536 g/mol. The molecule has 0 atom stereocenters. The van der Waals surface area contributed by atoms with Gasteiger partial charge in [-0.3, -0.25) is 0 Å². The minimum atomic E-state index is 0.295. The fraction of sp³-hybridized carbons (Fsp3) is 0.156. The first-order valence-electron chi connectivity index (χ1n) is 12.3. The van der Waals surface area contributed by atoms with E-state index in [0.29, 0.717) is 5.75 Å². The maximum absolute atomic E-state index is 11.2. The Balaban J connectivity index is 1.57. The summed E-state index contributed by atoms with van der Waals surface area (Å²) < 4.78 is 1.02. The van der Waals surface area contributed by atoms with Gasteiger partial charge in [0.15, 0.2) is 0 Å². The third kappa shape index (κ3) is 3.67. The molecular formula is C32H28AgN2O. The molecule has 1 aliphatic heterocycles. The van der Waals surface area contributed by atoms with E-state index in [2.05, 4.69) is 112 Å². The second kappa shape index (κ2) is 8.94. The maximum atomic E-state index is 11.2. The molecule has 0 unspecified atom stereocenters. The molecule has 5 aromatic rings. The Bertz CT molecular complexity index is 1650. The number of hydrogen-bond acceptors (Lipinski definition) is 3. The molecule has 1 heterocycles. The topological polar surface area (TPSA) is 26.7 Å². The second-order valence-corrected chi connectivity index (χ2v) is 10.3. The van der Waals surface area contributed by atoms with Crippen LogP contribution in [-0.4, -0.2) is 22.2 Å². The van der Waals surface area contributed by atoms with Crippen LogP contribution >= 0.6 is 0 Å². The van der Waals surface area contributed by atoms with Gasteiger partial charge in [0, 0.05) is 0 Å². The van der Waals surface area contributed by atoms with E-state index in [1.54, 1.807) is 0 Å². The summed E-state index contributed by atoms with van der Waals surface area (Å²) in [7, 11) is 0. The average molecular weight is 564 g/mol. The first-order chi connectivity index (χ1) is 17.4. The molecule has 3 nitrogen and oxygen atoms in total. The van der Waals surface area contributed by atoms with Crippen LogP contribution in [0.15, 0.2) is 84.9 Å². The number of hydrogen-bond donors (Lipinski definition) is 1. The molecule has 5 aromatic carbocycles. The van der Waals surface area contributed by atoms with E-state index >= 15 is 0 Å². The van der Waals surface area contributed by atoms with Crippen LogP contribution in [0, 0.1) is 20.8 Å². The van der Waals surface area contributed by atoms with Crippen LogP contribution < -0.4 is 9.80 Å². The third-order valence-electron chi connectivity index (χ3n) is 7.21. The zero-order chi connectivity index (χ0) is 25.0. The van der Waals surface area contributed by atoms with Gasteiger partial charge in [0.2, 0.25) is 0 Å². The third-order valence-corrected chi connectivity index (χ3v) is 8.01. The van der Waals surface area contributed by atoms with Crippen molar-refractivity contribution in [1.29, 1.82) is 0 Å². The van der Waals surface area contributed by atoms with Gasteiger partial charge in [-0.2, -0.15) is 0 Å². The Labute approximate surface area is 224 Å². The van der Waals surface area contributed by atoms with Crippen molar-refractivity contribution < 1.29 is 25.7 Å². The number of aryl methyl sites for hydroxylation is 3. The first-order valence-corrected chi connectivity index (χ1v) is 13.0. The molecule has 1 fully saturated rings. The number of benzene rings is 5. The first kappa shape index (κ1) is 23.1. The van der Waals surface area contributed by atoms with E-state index in [9.17, 15) is 5.11 Å². The van der Waals surface area contributed by atoms with Gasteiger partial charge in [-0.15, -0.1) is 0 Å². The van der Waals surface area contributed by atoms with Crippen molar-refractivity contribution in [1.82, 2.24) is 0 Å². The van der Waals surface area contributed by atoms with Gasteiger partial charge in [0.25, 0.3) is 0 Å². The molecule has 1 saturated heterocycles. The quantitative estimate of drug-likeness (QED) is 0.234. The van der Waals surface area contributed by atoms with Gasteiger partial charge in [0.1, 0.15) is 0 Å². The van der Waals surface area contributed by atoms with Gasteiger partial charge in [-0.05, 0) is 0 Å². The van der Waals surface area contributed by atoms with Crippen molar-refractivity contribution in [3.8, 4) is 16.9 Å². The monoisotopic (exact) mass is 563 g/mol. The number of nitrogens with zero attached hydrogens (tertiary/aromatic N) is 2. The summed E-state index contributed by atoms with van der Waals surface area (Å²) in [6, 6.07) is 29.4. The predicted octanol–water partition coefficient (Wildman–Crippen LogP) is 7.25. The van der Waals surface area contributed by atoms with Crippen molar-refractivity contribution >= 4 is 36.9 Å². The van der Waals surface area contributed by atoms with Crippen LogP contribution in [0.1, 0.15) is 16.7 Å². The fourth-order valence-electron chi connectivity index (χ4n) is 5.79. The molecule has 0 bridgehead atoms. The van der Waals surface area contributed by atoms with E-state index in [4.69, 9.17) is 0 Å². The van der Waals surface area contributed by atoms with Crippen LogP contribution in [0.4, 0.5) is 11.4 Å². The summed E-state index contributed by atoms with van der Waals surface area (Å²) in [6.45, 7) is 8.24. The zero-order valence-corrected chi connectivity index (χ0v) is 22.1. The summed E-state index contributed by atoms with van der Waals surface area (Å²) in [4.78, 5) is 4.70. The molecule has 183 valence electrons. The predicted molar refractivity (Wildman–Crippen MR) is 149 cm³/mol. The van der Waals surface area contributed by atoms with Crippen LogP contribution in [0.3, 0.4) is 0 Å². The summed E-state index contributed by atoms with van der Waals surface area (Å²) in [5.74, 6) is 0.295. The van der Waals surface area contributed by atoms with Crippen molar-refractivity contribution in [2.24, 2.45) is 0 Å². The Hall–Kier alpha value is -3.37. The molecule has 0 aliphatic carbocycles. The van der Waals surface area contributed by atoms with Crippen LogP contribution in [-0.2, 0) is 20.6 Å². The number of rotatable bonds is 3. The molecule has 4 heteroatoms. The molecule has 0 amide bonds. The number of phenolic OH excluding ortho intramolecular Hbond substituents is 1. The van der Waals surface area contributed by atoms with E-state index in [0.717, 1.165) is 55.4 Å². The second-order valence-electron chi connectivity index (χ2n) is 9.65. The Kier molecular flexibility index (Phi) is 5.72. The van der Waals surface area contributed by atoms with Crippen molar-refractivity contribution in [3.63, 3.8) is 0 Å². The number of anilines is 2. The standard InChI is InChI=1S/C32H28N2O.Ag/c1-21-18-22(2)32(23(3)19-21)34-17-16-33(20-34)28-14-12-24-8-4-6-10-26(24)30(28)31-27-11-7-5-9-25(27)13-15-29(31)35;/h4-15,18-19,35H,16-17H2,1-3H3;. The van der Waals surface area contributed by atoms with E-state index in [1.165, 1.54) is 22.4 Å². The number of aromatic hydroxyl groups is 1. The van der Waals surface area contributed by atoms with Crippen LogP contribution in [0.5, 0.6) is 5.75 Å². The SMILES string of the molecule is Cc1cc(C)c(N2CCN(c3ccc4ccccc4c3-c3c(O)ccc4ccccc34)[C]2=[Ag])c(C)c1. The van der Waals surface area contributed by atoms with Gasteiger partial charge in [0.05, 0.1) is 0 Å². The van der Waals surface area contributed by atoms with Gasteiger partial charge >= 0.3 is 225 Å². The van der Waals surface area contributed by atoms with Gasteiger partial charge < -0.3 is 0 Å². The van der Waals surface area contributed by atoms with Crippen LogP contribution in [0.25, 0.3) is 32.7 Å². The van der Waals surface area contributed by atoms with Crippen molar-refractivity contribution in [2.45, 2.75) is 20.8 Å². The number of phenols is 1. The van der Waals surface area contributed by atoms with E-state index in [-0.39, 0.29) is 0 Å². The van der Waals surface area contributed by atoms with Crippen LogP contribution in [0.2, 0.25) is 0 Å². The molecule has 36 heavy (non-hydrogen) atoms. The molecule has 0 radical (unpaired) electrons. The van der Waals surface area contributed by atoms with E-state index < -0.39 is 0 Å². The minimum absolute atomic E-state index is 0.295. The summed E-state index contributed by atoms with van der Waals surface area (Å²) in [6.07, 6.45) is 0. The zero-order valence-electron chi connectivity index (χ0n) is 20.6. The Morgan fingerprint density at radius 2 is 1.22 bits per heavy atom. The Morgan fingerprint density at radius 3 is 1.89 bits per heavy atom. The van der Waals surface area contributed by atoms with Gasteiger partial charge in [-0.25, -0.2) is 0 Å². The summed E-state index contributed by atoms with van der Waals surface area (Å²) in [5.41, 5.74) is 8.09. The Morgan fingerprint density at radius 1 is 0.667 bits per heavy atom. The van der Waals surface area contributed by atoms with Gasteiger partial charge in [-0.1, -0.05) is 0 Å².